The molecule has 0 saturated carbocycles. The predicted molar refractivity (Wildman–Crippen MR) is 71.6 cm³/mol. The number of rotatable bonds is 5. The molecular weight excluding hydrogens is 234 g/mol. The van der Waals surface area contributed by atoms with Gasteiger partial charge in [-0.05, 0) is 6.42 Å². The number of nitrogens with zero attached hydrogens (tertiary/aromatic N) is 2. The Kier molecular flexibility index (Phi) is 4.53. The van der Waals surface area contributed by atoms with E-state index in [4.69, 9.17) is 11.0 Å². The van der Waals surface area contributed by atoms with E-state index in [0.29, 0.717) is 22.5 Å². The second kappa shape index (κ2) is 5.69. The van der Waals surface area contributed by atoms with Gasteiger partial charge >= 0.3 is 0 Å². The molecule has 0 unspecified atom stereocenters. The molecular formula is C12H17N3OS. The highest BCUT2D eigenvalue weighted by Crippen LogP contribution is 2.37. The number of nitriles is 1. The van der Waals surface area contributed by atoms with Crippen LogP contribution in [0.15, 0.2) is 0 Å². The summed E-state index contributed by atoms with van der Waals surface area (Å²) in [6.45, 7) is 4.70. The van der Waals surface area contributed by atoms with Gasteiger partial charge in [-0.15, -0.1) is 11.3 Å². The summed E-state index contributed by atoms with van der Waals surface area (Å²) in [7, 11) is 1.91. The number of Topliss-reactive ketones (excluding diaryl/α,β-unsaturated/α-hetero) is 1. The second-order valence-electron chi connectivity index (χ2n) is 3.84. The third-order valence-electron chi connectivity index (χ3n) is 2.52. The van der Waals surface area contributed by atoms with Crippen LogP contribution in [-0.4, -0.2) is 19.4 Å². The van der Waals surface area contributed by atoms with Crippen molar-refractivity contribution in [2.75, 3.05) is 24.2 Å². The lowest BCUT2D eigenvalue weighted by molar-refractivity contribution is 0.0993. The van der Waals surface area contributed by atoms with E-state index in [9.17, 15) is 4.79 Å². The number of anilines is 2. The molecule has 1 heterocycles. The Morgan fingerprint density at radius 1 is 1.53 bits per heavy atom. The monoisotopic (exact) mass is 251 g/mol. The molecule has 0 aliphatic rings. The standard InChI is InChI=1S/C12H17N3OS/c1-4-6-15(3)12-8(7-13)10(14)11(17-12)9(16)5-2/h4-6,14H2,1-3H3. The zero-order valence-corrected chi connectivity index (χ0v) is 11.2. The summed E-state index contributed by atoms with van der Waals surface area (Å²) in [4.78, 5) is 14.2. The average Bonchev–Trinajstić information content (AvgIpc) is 2.65. The van der Waals surface area contributed by atoms with Gasteiger partial charge in [0.1, 0.15) is 16.6 Å². The first kappa shape index (κ1) is 13.5. The lowest BCUT2D eigenvalue weighted by atomic mass is 10.2. The highest BCUT2D eigenvalue weighted by molar-refractivity contribution is 7.19. The van der Waals surface area contributed by atoms with Crippen molar-refractivity contribution in [1.82, 2.24) is 0 Å². The van der Waals surface area contributed by atoms with Crippen LogP contribution < -0.4 is 10.6 Å². The third kappa shape index (κ3) is 2.59. The molecule has 5 heteroatoms. The van der Waals surface area contributed by atoms with Gasteiger partial charge in [0.05, 0.1) is 10.6 Å². The summed E-state index contributed by atoms with van der Waals surface area (Å²) in [6, 6.07) is 2.09. The Hall–Kier alpha value is -1.54. The Labute approximate surface area is 106 Å². The SMILES string of the molecule is CCCN(C)c1sc(C(=O)CC)c(N)c1C#N. The third-order valence-corrected chi connectivity index (χ3v) is 3.88. The van der Waals surface area contributed by atoms with Gasteiger partial charge in [-0.3, -0.25) is 4.79 Å². The largest absolute Gasteiger partial charge is 0.396 e. The first-order valence-electron chi connectivity index (χ1n) is 5.63. The number of hydrogen-bond donors (Lipinski definition) is 1. The number of hydrogen-bond acceptors (Lipinski definition) is 5. The van der Waals surface area contributed by atoms with Crippen molar-refractivity contribution >= 4 is 27.8 Å². The van der Waals surface area contributed by atoms with Gasteiger partial charge in [0, 0.05) is 20.0 Å². The Morgan fingerprint density at radius 2 is 2.18 bits per heavy atom. The number of carbonyl (C=O) groups is 1. The topological polar surface area (TPSA) is 70.1 Å². The van der Waals surface area contributed by atoms with Crippen LogP contribution in [0, 0.1) is 11.3 Å². The Morgan fingerprint density at radius 3 is 2.65 bits per heavy atom. The van der Waals surface area contributed by atoms with E-state index in [1.54, 1.807) is 6.92 Å². The quantitative estimate of drug-likeness (QED) is 0.817. The fourth-order valence-electron chi connectivity index (χ4n) is 1.61. The highest BCUT2D eigenvalue weighted by atomic mass is 32.1. The molecule has 1 rings (SSSR count). The smallest absolute Gasteiger partial charge is 0.174 e. The average molecular weight is 251 g/mol. The summed E-state index contributed by atoms with van der Waals surface area (Å²) in [5, 5.41) is 9.92. The maximum absolute atomic E-state index is 11.7. The first-order chi connectivity index (χ1) is 8.06. The summed E-state index contributed by atoms with van der Waals surface area (Å²) in [5.41, 5.74) is 6.63. The maximum atomic E-state index is 11.7. The van der Waals surface area contributed by atoms with Gasteiger partial charge in [0.15, 0.2) is 5.78 Å². The molecule has 0 fully saturated rings. The lowest BCUT2D eigenvalue weighted by Gasteiger charge is -2.16. The molecule has 0 spiro atoms. The molecule has 0 radical (unpaired) electrons. The Balaban J connectivity index is 3.23. The van der Waals surface area contributed by atoms with E-state index in [2.05, 4.69) is 13.0 Å². The van der Waals surface area contributed by atoms with E-state index in [1.165, 1.54) is 11.3 Å². The number of carbonyl (C=O) groups excluding carboxylic acids is 1. The van der Waals surface area contributed by atoms with Crippen LogP contribution >= 0.6 is 11.3 Å². The molecule has 0 atom stereocenters. The van der Waals surface area contributed by atoms with Crippen molar-refractivity contribution in [3.63, 3.8) is 0 Å². The predicted octanol–water partition coefficient (Wildman–Crippen LogP) is 2.64. The van der Waals surface area contributed by atoms with Crippen LogP contribution in [-0.2, 0) is 0 Å². The summed E-state index contributed by atoms with van der Waals surface area (Å²) < 4.78 is 0. The van der Waals surface area contributed by atoms with Gasteiger partial charge in [-0.2, -0.15) is 5.26 Å². The van der Waals surface area contributed by atoms with Gasteiger partial charge < -0.3 is 10.6 Å². The number of nitrogen functional groups attached to an aromatic ring is 1. The van der Waals surface area contributed by atoms with Crippen LogP contribution in [0.25, 0.3) is 0 Å². The molecule has 0 aliphatic carbocycles. The maximum Gasteiger partial charge on any atom is 0.174 e. The number of ketones is 1. The minimum absolute atomic E-state index is 0.000137. The number of nitrogens with two attached hydrogens (primary N) is 1. The van der Waals surface area contributed by atoms with Crippen molar-refractivity contribution in [1.29, 1.82) is 5.26 Å². The minimum Gasteiger partial charge on any atom is -0.396 e. The van der Waals surface area contributed by atoms with Crippen LogP contribution in [0.4, 0.5) is 10.7 Å². The first-order valence-corrected chi connectivity index (χ1v) is 6.45. The van der Waals surface area contributed by atoms with E-state index < -0.39 is 0 Å². The van der Waals surface area contributed by atoms with E-state index in [0.717, 1.165) is 18.0 Å². The molecule has 92 valence electrons. The van der Waals surface area contributed by atoms with Crippen LogP contribution in [0.1, 0.15) is 41.9 Å². The normalized spacial score (nSPS) is 10.0. The van der Waals surface area contributed by atoms with Gasteiger partial charge in [0.25, 0.3) is 0 Å². The fourth-order valence-corrected chi connectivity index (χ4v) is 2.78. The van der Waals surface area contributed by atoms with E-state index in [-0.39, 0.29) is 5.78 Å². The molecule has 0 bridgehead atoms. The van der Waals surface area contributed by atoms with E-state index >= 15 is 0 Å². The highest BCUT2D eigenvalue weighted by Gasteiger charge is 2.21. The van der Waals surface area contributed by atoms with Crippen molar-refractivity contribution in [3.8, 4) is 6.07 Å². The summed E-state index contributed by atoms with van der Waals surface area (Å²) >= 11 is 1.32. The zero-order valence-electron chi connectivity index (χ0n) is 10.4. The molecule has 1 aromatic rings. The van der Waals surface area contributed by atoms with Gasteiger partial charge in [-0.25, -0.2) is 0 Å². The zero-order chi connectivity index (χ0) is 13.0. The molecule has 2 N–H and O–H groups in total. The summed E-state index contributed by atoms with van der Waals surface area (Å²) in [5.74, 6) is 0.000137. The minimum atomic E-state index is 0.000137. The van der Waals surface area contributed by atoms with Crippen LogP contribution in [0.3, 0.4) is 0 Å². The van der Waals surface area contributed by atoms with E-state index in [1.807, 2.05) is 11.9 Å². The molecule has 17 heavy (non-hydrogen) atoms. The molecule has 0 amide bonds. The summed E-state index contributed by atoms with van der Waals surface area (Å²) in [6.07, 6.45) is 1.39. The van der Waals surface area contributed by atoms with Crippen molar-refractivity contribution in [3.05, 3.63) is 10.4 Å². The molecule has 1 aromatic heterocycles. The lowest BCUT2D eigenvalue weighted by Crippen LogP contribution is -2.17. The Bertz CT molecular complexity index is 459. The van der Waals surface area contributed by atoms with Crippen LogP contribution in [0.2, 0.25) is 0 Å². The molecule has 4 nitrogen and oxygen atoms in total. The van der Waals surface area contributed by atoms with Crippen molar-refractivity contribution in [2.24, 2.45) is 0 Å². The van der Waals surface area contributed by atoms with Crippen molar-refractivity contribution in [2.45, 2.75) is 26.7 Å². The van der Waals surface area contributed by atoms with Crippen LogP contribution in [0.5, 0.6) is 0 Å². The molecule has 0 saturated heterocycles. The van der Waals surface area contributed by atoms with Gasteiger partial charge in [0.2, 0.25) is 0 Å². The fraction of sp³-hybridized carbons (Fsp3) is 0.500. The van der Waals surface area contributed by atoms with Gasteiger partial charge in [-0.1, -0.05) is 13.8 Å². The molecule has 0 aromatic carbocycles. The molecule has 0 aliphatic heterocycles. The second-order valence-corrected chi connectivity index (χ2v) is 4.83. The van der Waals surface area contributed by atoms with Crippen molar-refractivity contribution < 1.29 is 4.79 Å². The number of thiophene rings is 1.